The number of piperidine rings is 1. The number of likely N-dealkylation sites (tertiary alicyclic amines) is 1. The molecule has 2 unspecified atom stereocenters. The third kappa shape index (κ3) is 1.25. The number of carbonyl (C=O) groups excluding carboxylic acids is 1. The van der Waals surface area contributed by atoms with Gasteiger partial charge in [-0.1, -0.05) is 13.8 Å². The second-order valence-corrected chi connectivity index (χ2v) is 6.37. The summed E-state index contributed by atoms with van der Waals surface area (Å²) in [6, 6.07) is 0. The monoisotopic (exact) mass is 236 g/mol. The molecule has 0 bridgehead atoms. The fourth-order valence-corrected chi connectivity index (χ4v) is 3.72. The molecule has 2 atom stereocenters. The van der Waals surface area contributed by atoms with E-state index in [9.17, 15) is 4.79 Å². The van der Waals surface area contributed by atoms with Gasteiger partial charge in [0.2, 0.25) is 0 Å². The van der Waals surface area contributed by atoms with Gasteiger partial charge in [0.1, 0.15) is 4.88 Å². The molecule has 3 rings (SSSR count). The molecule has 3 nitrogen and oxygen atoms in total. The number of aromatic nitrogens is 1. The smallest absolute Gasteiger partial charge is 0.265 e. The molecular formula is C12H16N2OS. The van der Waals surface area contributed by atoms with Gasteiger partial charge in [-0.05, 0) is 24.2 Å². The molecule has 0 radical (unpaired) electrons. The quantitative estimate of drug-likeness (QED) is 0.749. The summed E-state index contributed by atoms with van der Waals surface area (Å²) in [6.07, 6.45) is 0. The van der Waals surface area contributed by atoms with Crippen LogP contribution in [0.1, 0.15) is 29.2 Å². The normalized spacial score (nSPS) is 30.3. The predicted molar refractivity (Wildman–Crippen MR) is 63.5 cm³/mol. The van der Waals surface area contributed by atoms with E-state index in [0.29, 0.717) is 5.41 Å². The molecule has 0 N–H and O–H groups in total. The Morgan fingerprint density at radius 1 is 1.50 bits per heavy atom. The Labute approximate surface area is 99.5 Å². The van der Waals surface area contributed by atoms with E-state index in [1.54, 1.807) is 5.51 Å². The molecule has 0 spiro atoms. The van der Waals surface area contributed by atoms with Gasteiger partial charge in [0.15, 0.2) is 0 Å². The van der Waals surface area contributed by atoms with Crippen molar-refractivity contribution in [3.63, 3.8) is 0 Å². The zero-order chi connectivity index (χ0) is 11.5. The van der Waals surface area contributed by atoms with E-state index >= 15 is 0 Å². The average molecular weight is 236 g/mol. The number of hydrogen-bond acceptors (Lipinski definition) is 3. The molecule has 1 aliphatic heterocycles. The van der Waals surface area contributed by atoms with Crippen LogP contribution in [0.3, 0.4) is 0 Å². The van der Waals surface area contributed by atoms with Crippen molar-refractivity contribution in [1.29, 1.82) is 0 Å². The van der Waals surface area contributed by atoms with E-state index in [0.717, 1.165) is 35.5 Å². The molecule has 1 aromatic rings. The summed E-state index contributed by atoms with van der Waals surface area (Å²) in [7, 11) is 0. The molecule has 1 saturated carbocycles. The summed E-state index contributed by atoms with van der Waals surface area (Å²) in [4.78, 5) is 19.2. The zero-order valence-corrected chi connectivity index (χ0v) is 10.7. The summed E-state index contributed by atoms with van der Waals surface area (Å²) in [5.74, 6) is 1.64. The minimum absolute atomic E-state index is 0.183. The predicted octanol–water partition coefficient (Wildman–Crippen LogP) is 2.18. The fraction of sp³-hybridized carbons (Fsp3) is 0.667. The molecule has 2 heterocycles. The van der Waals surface area contributed by atoms with E-state index in [4.69, 9.17) is 0 Å². The van der Waals surface area contributed by atoms with Crippen LogP contribution < -0.4 is 0 Å². The Morgan fingerprint density at radius 2 is 2.12 bits per heavy atom. The van der Waals surface area contributed by atoms with Crippen molar-refractivity contribution < 1.29 is 4.79 Å². The van der Waals surface area contributed by atoms with Crippen LogP contribution in [-0.4, -0.2) is 28.9 Å². The SMILES string of the molecule is Cc1ncsc1C(=O)N1CC2C(C1)C2(C)C. The van der Waals surface area contributed by atoms with Gasteiger partial charge in [0.25, 0.3) is 5.91 Å². The van der Waals surface area contributed by atoms with Crippen LogP contribution in [0.4, 0.5) is 0 Å². The molecule has 0 aromatic carbocycles. The topological polar surface area (TPSA) is 33.2 Å². The highest BCUT2D eigenvalue weighted by atomic mass is 32.1. The first kappa shape index (κ1) is 10.3. The molecular weight excluding hydrogens is 220 g/mol. The Kier molecular flexibility index (Phi) is 1.97. The van der Waals surface area contributed by atoms with Gasteiger partial charge in [-0.2, -0.15) is 0 Å². The molecule has 86 valence electrons. The number of nitrogens with zero attached hydrogens (tertiary/aromatic N) is 2. The summed E-state index contributed by atoms with van der Waals surface area (Å²) in [5.41, 5.74) is 3.10. The van der Waals surface area contributed by atoms with Crippen molar-refractivity contribution in [1.82, 2.24) is 9.88 Å². The lowest BCUT2D eigenvalue weighted by molar-refractivity contribution is 0.0762. The molecule has 2 fully saturated rings. The summed E-state index contributed by atoms with van der Waals surface area (Å²) < 4.78 is 0. The highest BCUT2D eigenvalue weighted by Gasteiger charge is 2.62. The average Bonchev–Trinajstić information content (AvgIpc) is 2.71. The van der Waals surface area contributed by atoms with Gasteiger partial charge in [0, 0.05) is 13.1 Å². The first-order valence-electron chi connectivity index (χ1n) is 5.71. The lowest BCUT2D eigenvalue weighted by Gasteiger charge is -2.21. The second kappa shape index (κ2) is 3.06. The first-order valence-corrected chi connectivity index (χ1v) is 6.59. The van der Waals surface area contributed by atoms with Gasteiger partial charge in [0.05, 0.1) is 11.2 Å². The molecule has 2 aliphatic rings. The standard InChI is InChI=1S/C12H16N2OS/c1-7-10(16-6-13-7)11(15)14-4-8-9(5-14)12(8,2)3/h6,8-9H,4-5H2,1-3H3. The van der Waals surface area contributed by atoms with Crippen LogP contribution >= 0.6 is 11.3 Å². The van der Waals surface area contributed by atoms with Crippen molar-refractivity contribution in [2.75, 3.05) is 13.1 Å². The van der Waals surface area contributed by atoms with Crippen molar-refractivity contribution >= 4 is 17.2 Å². The van der Waals surface area contributed by atoms with Gasteiger partial charge in [-0.3, -0.25) is 4.79 Å². The van der Waals surface area contributed by atoms with Crippen LogP contribution in [0, 0.1) is 24.2 Å². The van der Waals surface area contributed by atoms with Crippen LogP contribution in [0.2, 0.25) is 0 Å². The molecule has 4 heteroatoms. The van der Waals surface area contributed by atoms with E-state index < -0.39 is 0 Å². The number of hydrogen-bond donors (Lipinski definition) is 0. The van der Waals surface area contributed by atoms with Crippen LogP contribution in [0.25, 0.3) is 0 Å². The lowest BCUT2D eigenvalue weighted by Crippen LogP contribution is -2.32. The minimum atomic E-state index is 0.183. The molecule has 1 aliphatic carbocycles. The van der Waals surface area contributed by atoms with E-state index in [2.05, 4.69) is 18.8 Å². The van der Waals surface area contributed by atoms with Crippen molar-refractivity contribution in [3.05, 3.63) is 16.1 Å². The van der Waals surface area contributed by atoms with E-state index in [1.165, 1.54) is 11.3 Å². The third-order valence-corrected chi connectivity index (χ3v) is 5.27. The highest BCUT2D eigenvalue weighted by molar-refractivity contribution is 7.11. The maximum absolute atomic E-state index is 12.2. The third-order valence-electron chi connectivity index (χ3n) is 4.35. The maximum Gasteiger partial charge on any atom is 0.265 e. The number of rotatable bonds is 1. The summed E-state index contributed by atoms with van der Waals surface area (Å²) >= 11 is 1.46. The summed E-state index contributed by atoms with van der Waals surface area (Å²) in [6.45, 7) is 8.40. The van der Waals surface area contributed by atoms with Gasteiger partial charge in [-0.15, -0.1) is 11.3 Å². The first-order chi connectivity index (χ1) is 7.51. The van der Waals surface area contributed by atoms with E-state index in [1.807, 2.05) is 11.8 Å². The van der Waals surface area contributed by atoms with Gasteiger partial charge >= 0.3 is 0 Å². The van der Waals surface area contributed by atoms with Crippen LogP contribution in [0.5, 0.6) is 0 Å². The molecule has 1 aromatic heterocycles. The Hall–Kier alpha value is -0.900. The number of fused-ring (bicyclic) bond motifs is 1. The molecule has 1 amide bonds. The molecule has 16 heavy (non-hydrogen) atoms. The lowest BCUT2D eigenvalue weighted by atomic mass is 10.1. The fourth-order valence-electron chi connectivity index (χ4n) is 2.95. The minimum Gasteiger partial charge on any atom is -0.337 e. The van der Waals surface area contributed by atoms with Gasteiger partial charge < -0.3 is 4.90 Å². The van der Waals surface area contributed by atoms with Crippen LogP contribution in [-0.2, 0) is 0 Å². The Balaban J connectivity index is 1.74. The molecule has 1 saturated heterocycles. The van der Waals surface area contributed by atoms with Gasteiger partial charge in [-0.25, -0.2) is 4.98 Å². The van der Waals surface area contributed by atoms with Crippen LogP contribution in [0.15, 0.2) is 5.51 Å². The number of thiazole rings is 1. The second-order valence-electron chi connectivity index (χ2n) is 5.51. The highest BCUT2D eigenvalue weighted by Crippen LogP contribution is 2.62. The van der Waals surface area contributed by atoms with Crippen molar-refractivity contribution in [2.45, 2.75) is 20.8 Å². The van der Waals surface area contributed by atoms with Crippen molar-refractivity contribution in [2.24, 2.45) is 17.3 Å². The zero-order valence-electron chi connectivity index (χ0n) is 9.86. The summed E-state index contributed by atoms with van der Waals surface area (Å²) in [5, 5.41) is 0. The number of carbonyl (C=O) groups is 1. The van der Waals surface area contributed by atoms with E-state index in [-0.39, 0.29) is 5.91 Å². The maximum atomic E-state index is 12.2. The van der Waals surface area contributed by atoms with Crippen molar-refractivity contribution in [3.8, 4) is 0 Å². The Morgan fingerprint density at radius 3 is 2.62 bits per heavy atom. The largest absolute Gasteiger partial charge is 0.337 e. The Bertz CT molecular complexity index is 438. The number of amides is 1. The number of aryl methyl sites for hydroxylation is 1.